The molecule has 3 aliphatic rings. The van der Waals surface area contributed by atoms with E-state index in [0.29, 0.717) is 30.4 Å². The molecule has 2 N–H and O–H groups in total. The summed E-state index contributed by atoms with van der Waals surface area (Å²) in [6, 6.07) is 10.5. The van der Waals surface area contributed by atoms with Gasteiger partial charge < -0.3 is 15.3 Å². The summed E-state index contributed by atoms with van der Waals surface area (Å²) in [6.45, 7) is 5.56. The Morgan fingerprint density at radius 1 is 0.902 bits per heavy atom. The fourth-order valence-electron chi connectivity index (χ4n) is 6.72. The molecule has 0 unspecified atom stereocenters. The van der Waals surface area contributed by atoms with Crippen molar-refractivity contribution in [1.82, 2.24) is 24.4 Å². The van der Waals surface area contributed by atoms with E-state index in [2.05, 4.69) is 55.4 Å². The molecule has 1 aliphatic heterocycles. The zero-order chi connectivity index (χ0) is 27.8. The third-order valence-corrected chi connectivity index (χ3v) is 9.43. The van der Waals surface area contributed by atoms with Crippen molar-refractivity contribution < 1.29 is 5.11 Å². The second-order valence-corrected chi connectivity index (χ2v) is 12.1. The van der Waals surface area contributed by atoms with Crippen LogP contribution < -0.4 is 15.8 Å². The topological polar surface area (TPSA) is 99.4 Å². The number of piperazine rings is 1. The summed E-state index contributed by atoms with van der Waals surface area (Å²) >= 11 is 0. The van der Waals surface area contributed by atoms with Gasteiger partial charge in [0.2, 0.25) is 5.95 Å². The summed E-state index contributed by atoms with van der Waals surface area (Å²) in [4.78, 5) is 32.8. The van der Waals surface area contributed by atoms with E-state index in [-0.39, 0.29) is 17.7 Å². The lowest BCUT2D eigenvalue weighted by molar-refractivity contribution is 0.111. The van der Waals surface area contributed by atoms with Gasteiger partial charge >= 0.3 is 0 Å². The van der Waals surface area contributed by atoms with Crippen LogP contribution in [0.3, 0.4) is 0 Å². The first-order chi connectivity index (χ1) is 20.1. The van der Waals surface area contributed by atoms with E-state index in [9.17, 15) is 9.90 Å². The fourth-order valence-corrected chi connectivity index (χ4v) is 6.72. The minimum absolute atomic E-state index is 0.0156. The van der Waals surface area contributed by atoms with Gasteiger partial charge in [-0.25, -0.2) is 4.98 Å². The van der Waals surface area contributed by atoms with Gasteiger partial charge in [0, 0.05) is 80.4 Å². The molecule has 41 heavy (non-hydrogen) atoms. The predicted molar refractivity (Wildman–Crippen MR) is 162 cm³/mol. The summed E-state index contributed by atoms with van der Waals surface area (Å²) in [6.07, 6.45) is 12.1. The van der Waals surface area contributed by atoms with Crippen molar-refractivity contribution in [1.29, 1.82) is 0 Å². The SMILES string of the molecule is O=c1c2cc(CN3CCN(c4ccncc4)CC3)ccc2c2cnc(NCC3CCC3)nc2n1C1CCC(O)CC1. The molecule has 214 valence electrons. The number of anilines is 2. The average molecular weight is 554 g/mol. The van der Waals surface area contributed by atoms with Gasteiger partial charge in [-0.2, -0.15) is 4.98 Å². The van der Waals surface area contributed by atoms with Crippen LogP contribution in [-0.4, -0.2) is 68.4 Å². The van der Waals surface area contributed by atoms with E-state index < -0.39 is 0 Å². The number of hydrogen-bond acceptors (Lipinski definition) is 8. The van der Waals surface area contributed by atoms with Crippen LogP contribution >= 0.6 is 0 Å². The summed E-state index contributed by atoms with van der Waals surface area (Å²) < 4.78 is 1.91. The van der Waals surface area contributed by atoms with Crippen molar-refractivity contribution in [2.45, 2.75) is 63.6 Å². The smallest absolute Gasteiger partial charge is 0.260 e. The number of nitrogens with zero attached hydrogens (tertiary/aromatic N) is 6. The van der Waals surface area contributed by atoms with Gasteiger partial charge in [0.05, 0.1) is 6.10 Å². The Balaban J connectivity index is 1.19. The molecule has 0 atom stereocenters. The van der Waals surface area contributed by atoms with E-state index >= 15 is 0 Å². The maximum atomic E-state index is 14.2. The number of fused-ring (bicyclic) bond motifs is 3. The number of nitrogens with one attached hydrogen (secondary N) is 1. The Labute approximate surface area is 240 Å². The zero-order valence-electron chi connectivity index (χ0n) is 23.6. The van der Waals surface area contributed by atoms with Crippen molar-refractivity contribution >= 4 is 33.4 Å². The predicted octanol–water partition coefficient (Wildman–Crippen LogP) is 4.35. The second-order valence-electron chi connectivity index (χ2n) is 12.1. The van der Waals surface area contributed by atoms with Crippen LogP contribution in [0.15, 0.2) is 53.7 Å². The number of hydrogen-bond donors (Lipinski definition) is 2. The summed E-state index contributed by atoms with van der Waals surface area (Å²) in [5.41, 5.74) is 3.09. The quantitative estimate of drug-likeness (QED) is 0.326. The molecular weight excluding hydrogens is 514 g/mol. The van der Waals surface area contributed by atoms with Crippen LogP contribution in [0.1, 0.15) is 56.6 Å². The Morgan fingerprint density at radius 3 is 2.41 bits per heavy atom. The first kappa shape index (κ1) is 26.3. The summed E-state index contributed by atoms with van der Waals surface area (Å²) in [7, 11) is 0. The molecule has 3 aromatic heterocycles. The lowest BCUT2D eigenvalue weighted by Crippen LogP contribution is -2.45. The first-order valence-electron chi connectivity index (χ1n) is 15.3. The first-order valence-corrected chi connectivity index (χ1v) is 15.3. The van der Waals surface area contributed by atoms with Gasteiger partial charge in [-0.3, -0.25) is 19.2 Å². The average Bonchev–Trinajstić information content (AvgIpc) is 2.98. The Kier molecular flexibility index (Phi) is 7.31. The van der Waals surface area contributed by atoms with Gasteiger partial charge in [0.25, 0.3) is 5.56 Å². The van der Waals surface area contributed by atoms with E-state index in [1.54, 1.807) is 0 Å². The highest BCUT2D eigenvalue weighted by atomic mass is 16.3. The van der Waals surface area contributed by atoms with E-state index in [0.717, 1.165) is 73.8 Å². The maximum absolute atomic E-state index is 14.2. The molecule has 0 radical (unpaired) electrons. The Hall–Kier alpha value is -3.56. The Morgan fingerprint density at radius 2 is 1.68 bits per heavy atom. The number of pyridine rings is 2. The van der Waals surface area contributed by atoms with Crippen molar-refractivity contribution in [2.24, 2.45) is 5.92 Å². The van der Waals surface area contributed by atoms with E-state index in [4.69, 9.17) is 4.98 Å². The molecule has 1 aromatic carbocycles. The van der Waals surface area contributed by atoms with Gasteiger partial charge in [-0.15, -0.1) is 0 Å². The third kappa shape index (κ3) is 5.40. The van der Waals surface area contributed by atoms with Gasteiger partial charge in [-0.05, 0) is 73.6 Å². The van der Waals surface area contributed by atoms with E-state index in [1.165, 1.54) is 24.9 Å². The number of aromatic nitrogens is 4. The maximum Gasteiger partial charge on any atom is 0.260 e. The Bertz CT molecular complexity index is 1570. The van der Waals surface area contributed by atoms with Crippen LogP contribution in [0.2, 0.25) is 0 Å². The van der Waals surface area contributed by atoms with E-state index in [1.807, 2.05) is 23.2 Å². The molecule has 4 aromatic rings. The van der Waals surface area contributed by atoms with Crippen LogP contribution in [-0.2, 0) is 6.54 Å². The molecule has 0 bridgehead atoms. The van der Waals surface area contributed by atoms with Crippen LogP contribution in [0, 0.1) is 5.92 Å². The molecule has 2 aliphatic carbocycles. The monoisotopic (exact) mass is 553 g/mol. The molecule has 3 fully saturated rings. The van der Waals surface area contributed by atoms with Gasteiger partial charge in [0.1, 0.15) is 5.65 Å². The molecule has 0 amide bonds. The standard InChI is InChI=1S/C32H39N7O2/c40-26-7-5-25(6-8-26)39-30-29(20-35-32(36-30)34-19-22-2-1-3-22)27-9-4-23(18-28(27)31(39)41)21-37-14-16-38(17-15-37)24-10-12-33-13-11-24/h4,9-13,18,20,22,25-26,40H,1-3,5-8,14-17,19,21H2,(H,34,35,36). The second kappa shape index (κ2) is 11.4. The molecule has 9 nitrogen and oxygen atoms in total. The molecule has 2 saturated carbocycles. The van der Waals surface area contributed by atoms with Crippen molar-refractivity contribution in [2.75, 3.05) is 42.9 Å². The third-order valence-electron chi connectivity index (χ3n) is 9.43. The minimum atomic E-state index is -0.284. The van der Waals surface area contributed by atoms with Gasteiger partial charge in [-0.1, -0.05) is 18.6 Å². The molecule has 4 heterocycles. The molecule has 0 spiro atoms. The van der Waals surface area contributed by atoms with Crippen molar-refractivity contribution in [3.8, 4) is 0 Å². The summed E-state index contributed by atoms with van der Waals surface area (Å²) in [5.74, 6) is 1.28. The highest BCUT2D eigenvalue weighted by Crippen LogP contribution is 2.33. The normalized spacial score (nSPS) is 22.2. The van der Waals surface area contributed by atoms with Crippen LogP contribution in [0.5, 0.6) is 0 Å². The van der Waals surface area contributed by atoms with Crippen LogP contribution in [0.4, 0.5) is 11.6 Å². The van der Waals surface area contributed by atoms with Crippen molar-refractivity contribution in [3.63, 3.8) is 0 Å². The highest BCUT2D eigenvalue weighted by Gasteiger charge is 2.26. The number of rotatable bonds is 7. The molecule has 9 heteroatoms. The minimum Gasteiger partial charge on any atom is -0.393 e. The fraction of sp³-hybridized carbons (Fsp3) is 0.500. The van der Waals surface area contributed by atoms with Crippen molar-refractivity contribution in [3.05, 3.63) is 64.8 Å². The zero-order valence-corrected chi connectivity index (χ0v) is 23.6. The molecule has 7 rings (SSSR count). The lowest BCUT2D eigenvalue weighted by atomic mass is 9.85. The largest absolute Gasteiger partial charge is 0.393 e. The highest BCUT2D eigenvalue weighted by molar-refractivity contribution is 6.04. The number of benzene rings is 1. The number of aliphatic hydroxyl groups excluding tert-OH is 1. The lowest BCUT2D eigenvalue weighted by Gasteiger charge is -2.36. The molecule has 1 saturated heterocycles. The van der Waals surface area contributed by atoms with Gasteiger partial charge in [0.15, 0.2) is 0 Å². The number of aliphatic hydroxyl groups is 1. The van der Waals surface area contributed by atoms with Crippen LogP contribution in [0.25, 0.3) is 21.8 Å². The summed E-state index contributed by atoms with van der Waals surface area (Å²) in [5, 5.41) is 16.1. The molecular formula is C32H39N7O2.